The highest BCUT2D eigenvalue weighted by Gasteiger charge is 2.01. The van der Waals surface area contributed by atoms with Gasteiger partial charge in [0.25, 0.3) is 0 Å². The van der Waals surface area contributed by atoms with E-state index in [1.54, 1.807) is 0 Å². The molecule has 0 amide bonds. The van der Waals surface area contributed by atoms with Crippen molar-refractivity contribution in [1.29, 1.82) is 0 Å². The van der Waals surface area contributed by atoms with Crippen LogP contribution >= 0.6 is 0 Å². The smallest absolute Gasteiger partial charge is 0.214 e. The Morgan fingerprint density at radius 1 is 1.80 bits per heavy atom. The third kappa shape index (κ3) is 1.23. The predicted molar refractivity (Wildman–Crippen MR) is 38.2 cm³/mol. The number of hydrogen-bond donors (Lipinski definition) is 0. The molecular formula is C7H10N2O. The summed E-state index contributed by atoms with van der Waals surface area (Å²) in [6, 6.07) is 0. The number of hydrogen-bond acceptors (Lipinski definition) is 3. The molecule has 0 aliphatic carbocycles. The van der Waals surface area contributed by atoms with Gasteiger partial charge in [0.15, 0.2) is 5.82 Å². The second-order valence-corrected chi connectivity index (χ2v) is 1.92. The Morgan fingerprint density at radius 3 is 3.00 bits per heavy atom. The summed E-state index contributed by atoms with van der Waals surface area (Å²) >= 11 is 0. The maximum absolute atomic E-state index is 4.60. The molecule has 0 atom stereocenters. The first-order valence-corrected chi connectivity index (χ1v) is 3.30. The summed E-state index contributed by atoms with van der Waals surface area (Å²) in [7, 11) is 0. The molecule has 1 rings (SSSR count). The lowest BCUT2D eigenvalue weighted by atomic mass is 10.2. The number of aromatic nitrogens is 2. The van der Waals surface area contributed by atoms with Crippen LogP contribution in [0.3, 0.4) is 0 Å². The Hall–Kier alpha value is -1.12. The van der Waals surface area contributed by atoms with Crippen LogP contribution in [0.2, 0.25) is 0 Å². The Bertz CT molecular complexity index is 214. The zero-order chi connectivity index (χ0) is 7.40. The van der Waals surface area contributed by atoms with E-state index in [9.17, 15) is 0 Å². The van der Waals surface area contributed by atoms with Crippen LogP contribution in [0.4, 0.5) is 0 Å². The molecule has 0 aliphatic heterocycles. The van der Waals surface area contributed by atoms with Crippen molar-refractivity contribution in [2.24, 2.45) is 0 Å². The van der Waals surface area contributed by atoms with Crippen LogP contribution in [0.25, 0.3) is 5.57 Å². The Labute approximate surface area is 59.8 Å². The van der Waals surface area contributed by atoms with Crippen LogP contribution in [0.5, 0.6) is 0 Å². The molecule has 3 nitrogen and oxygen atoms in total. The summed E-state index contributed by atoms with van der Waals surface area (Å²) in [6.07, 6.45) is 4.27. The van der Waals surface area contributed by atoms with E-state index in [2.05, 4.69) is 21.6 Å². The zero-order valence-corrected chi connectivity index (χ0v) is 6.16. The fourth-order valence-corrected chi connectivity index (χ4v) is 0.803. The lowest BCUT2D eigenvalue weighted by molar-refractivity contribution is 0.415. The molecule has 54 valence electrons. The van der Waals surface area contributed by atoms with Crippen molar-refractivity contribution in [3.63, 3.8) is 0 Å². The van der Waals surface area contributed by atoms with Crippen LogP contribution in [-0.2, 0) is 0 Å². The van der Waals surface area contributed by atoms with Gasteiger partial charge in [0.05, 0.1) is 0 Å². The van der Waals surface area contributed by atoms with E-state index in [0.717, 1.165) is 12.0 Å². The molecule has 0 bridgehead atoms. The fourth-order valence-electron chi connectivity index (χ4n) is 0.803. The van der Waals surface area contributed by atoms with Gasteiger partial charge in [-0.2, -0.15) is 4.98 Å². The van der Waals surface area contributed by atoms with Gasteiger partial charge in [-0.1, -0.05) is 18.2 Å². The van der Waals surface area contributed by atoms with Gasteiger partial charge in [-0.25, -0.2) is 0 Å². The quantitative estimate of drug-likeness (QED) is 0.626. The lowest BCUT2D eigenvalue weighted by Gasteiger charge is -1.92. The minimum atomic E-state index is 0.699. The molecule has 0 spiro atoms. The molecule has 0 radical (unpaired) electrons. The minimum Gasteiger partial charge on any atom is -0.342 e. The summed E-state index contributed by atoms with van der Waals surface area (Å²) in [4.78, 5) is 3.91. The highest BCUT2D eigenvalue weighted by Crippen LogP contribution is 2.11. The van der Waals surface area contributed by atoms with Crippen LogP contribution in [0.15, 0.2) is 17.0 Å². The van der Waals surface area contributed by atoms with E-state index >= 15 is 0 Å². The van der Waals surface area contributed by atoms with Crippen LogP contribution < -0.4 is 0 Å². The standard InChI is InChI=1S/C7H10N2O/c1-3-6(4-2)7-8-5-10-9-7/h3,5H,4H2,1-2H3. The average Bonchev–Trinajstić information content (AvgIpc) is 2.43. The first-order valence-electron chi connectivity index (χ1n) is 3.30. The van der Waals surface area contributed by atoms with Crippen molar-refractivity contribution in [3.8, 4) is 0 Å². The second-order valence-electron chi connectivity index (χ2n) is 1.92. The third-order valence-corrected chi connectivity index (χ3v) is 1.38. The van der Waals surface area contributed by atoms with Gasteiger partial charge in [-0.3, -0.25) is 0 Å². The first kappa shape index (κ1) is 6.99. The monoisotopic (exact) mass is 138 g/mol. The minimum absolute atomic E-state index is 0.699. The third-order valence-electron chi connectivity index (χ3n) is 1.38. The highest BCUT2D eigenvalue weighted by molar-refractivity contribution is 5.57. The molecule has 0 N–H and O–H groups in total. The largest absolute Gasteiger partial charge is 0.342 e. The molecule has 1 heterocycles. The maximum atomic E-state index is 4.60. The highest BCUT2D eigenvalue weighted by atomic mass is 16.5. The van der Waals surface area contributed by atoms with E-state index in [4.69, 9.17) is 0 Å². The van der Waals surface area contributed by atoms with Gasteiger partial charge in [0, 0.05) is 0 Å². The van der Waals surface area contributed by atoms with Gasteiger partial charge < -0.3 is 4.52 Å². The van der Waals surface area contributed by atoms with Gasteiger partial charge in [0.2, 0.25) is 6.39 Å². The van der Waals surface area contributed by atoms with Crippen LogP contribution in [0, 0.1) is 0 Å². The molecule has 10 heavy (non-hydrogen) atoms. The van der Waals surface area contributed by atoms with E-state index in [-0.39, 0.29) is 0 Å². The Balaban J connectivity index is 2.85. The first-order chi connectivity index (χ1) is 4.88. The molecule has 1 aromatic rings. The lowest BCUT2D eigenvalue weighted by Crippen LogP contribution is -1.83. The van der Waals surface area contributed by atoms with Crippen LogP contribution in [-0.4, -0.2) is 10.1 Å². The Morgan fingerprint density at radius 2 is 2.60 bits per heavy atom. The van der Waals surface area contributed by atoms with E-state index in [1.165, 1.54) is 6.39 Å². The Kier molecular flexibility index (Phi) is 2.20. The second kappa shape index (κ2) is 3.15. The molecular weight excluding hydrogens is 128 g/mol. The molecule has 0 unspecified atom stereocenters. The molecule has 3 heteroatoms. The van der Waals surface area contributed by atoms with Gasteiger partial charge in [0.1, 0.15) is 0 Å². The molecule has 0 saturated heterocycles. The summed E-state index contributed by atoms with van der Waals surface area (Å²) in [6.45, 7) is 4.03. The maximum Gasteiger partial charge on any atom is 0.214 e. The number of nitrogens with zero attached hydrogens (tertiary/aromatic N) is 2. The summed E-state index contributed by atoms with van der Waals surface area (Å²) < 4.78 is 4.60. The molecule has 0 fully saturated rings. The summed E-state index contributed by atoms with van der Waals surface area (Å²) in [5.41, 5.74) is 1.12. The zero-order valence-electron chi connectivity index (χ0n) is 6.16. The summed E-state index contributed by atoms with van der Waals surface area (Å²) in [5.74, 6) is 0.699. The number of allylic oxidation sites excluding steroid dienone is 2. The van der Waals surface area contributed by atoms with E-state index in [1.807, 2.05) is 13.0 Å². The van der Waals surface area contributed by atoms with Crippen molar-refractivity contribution in [2.75, 3.05) is 0 Å². The molecule has 0 saturated carbocycles. The van der Waals surface area contributed by atoms with Gasteiger partial charge in [-0.15, -0.1) is 0 Å². The molecule has 0 aliphatic rings. The normalized spacial score (nSPS) is 12.0. The predicted octanol–water partition coefficient (Wildman–Crippen LogP) is 1.88. The van der Waals surface area contributed by atoms with E-state index in [0.29, 0.717) is 5.82 Å². The number of rotatable bonds is 2. The van der Waals surface area contributed by atoms with Crippen molar-refractivity contribution in [2.45, 2.75) is 20.3 Å². The van der Waals surface area contributed by atoms with Crippen molar-refractivity contribution in [3.05, 3.63) is 18.3 Å². The van der Waals surface area contributed by atoms with E-state index < -0.39 is 0 Å². The average molecular weight is 138 g/mol. The van der Waals surface area contributed by atoms with Crippen molar-refractivity contribution >= 4 is 5.57 Å². The van der Waals surface area contributed by atoms with Crippen molar-refractivity contribution in [1.82, 2.24) is 10.1 Å². The summed E-state index contributed by atoms with van der Waals surface area (Å²) in [5, 5.41) is 3.70. The molecule has 0 aromatic carbocycles. The van der Waals surface area contributed by atoms with Gasteiger partial charge >= 0.3 is 0 Å². The SMILES string of the molecule is CC=C(CC)c1ncon1. The van der Waals surface area contributed by atoms with Crippen LogP contribution in [0.1, 0.15) is 26.1 Å². The van der Waals surface area contributed by atoms with Gasteiger partial charge in [-0.05, 0) is 18.9 Å². The topological polar surface area (TPSA) is 38.9 Å². The van der Waals surface area contributed by atoms with Crippen molar-refractivity contribution < 1.29 is 4.52 Å². The molecule has 1 aromatic heterocycles. The fraction of sp³-hybridized carbons (Fsp3) is 0.429.